The van der Waals surface area contributed by atoms with Crippen molar-refractivity contribution in [1.82, 2.24) is 0 Å². The van der Waals surface area contributed by atoms with Crippen molar-refractivity contribution in [2.45, 2.75) is 59.3 Å². The Morgan fingerprint density at radius 3 is 2.15 bits per heavy atom. The average Bonchev–Trinajstić information content (AvgIpc) is 2.79. The summed E-state index contributed by atoms with van der Waals surface area (Å²) in [7, 11) is 0. The van der Waals surface area contributed by atoms with E-state index < -0.39 is 0 Å². The summed E-state index contributed by atoms with van der Waals surface area (Å²) < 4.78 is 5.73. The minimum absolute atomic E-state index is 0.139. The molecule has 1 N–H and O–H groups in total. The highest BCUT2D eigenvalue weighted by atomic mass is 16.5. The van der Waals surface area contributed by atoms with E-state index in [1.165, 1.54) is 11.1 Å². The first kappa shape index (κ1) is 23.1. The quantitative estimate of drug-likeness (QED) is 0.339. The predicted molar refractivity (Wildman–Crippen MR) is 133 cm³/mol. The molecule has 3 aromatic rings. The second-order valence-electron chi connectivity index (χ2n) is 10.4. The Kier molecular flexibility index (Phi) is 6.09. The van der Waals surface area contributed by atoms with Crippen LogP contribution in [-0.2, 0) is 5.41 Å². The standard InChI is InChI=1S/C30H34O3/c1-20-17-24(11-13-26(20)31)30(16-15-29(4,5)22(3)19-30)25-12-14-27(21(2)18-25)33-28(32)23-9-7-6-8-10-23/h6-14,17-18,22,31H,15-16,19H2,1-5H3. The van der Waals surface area contributed by atoms with Crippen molar-refractivity contribution in [3.63, 3.8) is 0 Å². The molecule has 3 aromatic carbocycles. The lowest BCUT2D eigenvalue weighted by Crippen LogP contribution is -2.41. The highest BCUT2D eigenvalue weighted by Gasteiger charge is 2.45. The number of carbonyl (C=O) groups excluding carboxylic acids is 1. The van der Waals surface area contributed by atoms with E-state index in [1.54, 1.807) is 12.1 Å². The van der Waals surface area contributed by atoms with E-state index >= 15 is 0 Å². The van der Waals surface area contributed by atoms with Crippen LogP contribution in [0.2, 0.25) is 0 Å². The molecule has 4 rings (SSSR count). The fourth-order valence-electron chi connectivity index (χ4n) is 5.12. The third-order valence-electron chi connectivity index (χ3n) is 7.87. The molecule has 1 fully saturated rings. The maximum atomic E-state index is 12.6. The fourth-order valence-corrected chi connectivity index (χ4v) is 5.12. The molecule has 3 nitrogen and oxygen atoms in total. The first-order valence-corrected chi connectivity index (χ1v) is 11.8. The van der Waals surface area contributed by atoms with Crippen LogP contribution in [0.15, 0.2) is 66.7 Å². The molecule has 0 aromatic heterocycles. The summed E-state index contributed by atoms with van der Waals surface area (Å²) in [6.07, 6.45) is 3.20. The number of benzene rings is 3. The first-order chi connectivity index (χ1) is 15.6. The van der Waals surface area contributed by atoms with Gasteiger partial charge in [0.15, 0.2) is 0 Å². The van der Waals surface area contributed by atoms with Gasteiger partial charge in [0.1, 0.15) is 11.5 Å². The largest absolute Gasteiger partial charge is 0.508 e. The molecule has 0 spiro atoms. The van der Waals surface area contributed by atoms with Crippen LogP contribution in [0.4, 0.5) is 0 Å². The van der Waals surface area contributed by atoms with E-state index in [1.807, 2.05) is 44.2 Å². The maximum absolute atomic E-state index is 12.6. The third kappa shape index (κ3) is 4.42. The molecule has 1 saturated carbocycles. The van der Waals surface area contributed by atoms with Crippen molar-refractivity contribution in [2.24, 2.45) is 11.3 Å². The normalized spacial score (nSPS) is 22.0. The van der Waals surface area contributed by atoms with Crippen molar-refractivity contribution >= 4 is 5.97 Å². The second kappa shape index (κ2) is 8.70. The molecule has 3 heteroatoms. The zero-order valence-electron chi connectivity index (χ0n) is 20.3. The smallest absolute Gasteiger partial charge is 0.343 e. The topological polar surface area (TPSA) is 46.5 Å². The van der Waals surface area contributed by atoms with Crippen LogP contribution in [0, 0.1) is 25.2 Å². The number of ether oxygens (including phenoxy) is 1. The second-order valence-corrected chi connectivity index (χ2v) is 10.4. The number of hydrogen-bond acceptors (Lipinski definition) is 3. The molecule has 2 atom stereocenters. The van der Waals surface area contributed by atoms with Crippen LogP contribution in [0.3, 0.4) is 0 Å². The van der Waals surface area contributed by atoms with Crippen LogP contribution >= 0.6 is 0 Å². The molecule has 0 amide bonds. The molecule has 2 unspecified atom stereocenters. The molecular formula is C30H34O3. The molecule has 0 aliphatic heterocycles. The number of aromatic hydroxyl groups is 1. The van der Waals surface area contributed by atoms with Crippen LogP contribution < -0.4 is 4.74 Å². The summed E-state index contributed by atoms with van der Waals surface area (Å²) in [5, 5.41) is 10.1. The molecule has 0 saturated heterocycles. The van der Waals surface area contributed by atoms with Crippen LogP contribution in [0.5, 0.6) is 11.5 Å². The molecule has 0 heterocycles. The van der Waals surface area contributed by atoms with E-state index in [0.29, 0.717) is 23.0 Å². The molecular weight excluding hydrogens is 408 g/mol. The number of rotatable bonds is 4. The summed E-state index contributed by atoms with van der Waals surface area (Å²) in [6, 6.07) is 21.3. The van der Waals surface area contributed by atoms with Gasteiger partial charge in [0.05, 0.1) is 5.56 Å². The molecule has 172 valence electrons. The van der Waals surface area contributed by atoms with Gasteiger partial charge in [0.2, 0.25) is 0 Å². The predicted octanol–water partition coefficient (Wildman–Crippen LogP) is 7.36. The fraction of sp³-hybridized carbons (Fsp3) is 0.367. The van der Waals surface area contributed by atoms with Crippen molar-refractivity contribution in [2.75, 3.05) is 0 Å². The highest BCUT2D eigenvalue weighted by molar-refractivity contribution is 5.91. The molecule has 1 aliphatic rings. The Balaban J connectivity index is 1.73. The van der Waals surface area contributed by atoms with E-state index in [-0.39, 0.29) is 16.8 Å². The van der Waals surface area contributed by atoms with Gasteiger partial charge in [-0.2, -0.15) is 0 Å². The monoisotopic (exact) mass is 442 g/mol. The number of aryl methyl sites for hydroxylation is 2. The lowest BCUT2D eigenvalue weighted by molar-refractivity contribution is 0.0733. The summed E-state index contributed by atoms with van der Waals surface area (Å²) in [4.78, 5) is 12.6. The van der Waals surface area contributed by atoms with Crippen molar-refractivity contribution < 1.29 is 14.6 Å². The Morgan fingerprint density at radius 2 is 1.55 bits per heavy atom. The van der Waals surface area contributed by atoms with Gasteiger partial charge >= 0.3 is 5.97 Å². The van der Waals surface area contributed by atoms with Gasteiger partial charge in [-0.3, -0.25) is 0 Å². The lowest BCUT2D eigenvalue weighted by atomic mass is 9.55. The van der Waals surface area contributed by atoms with Gasteiger partial charge in [0, 0.05) is 5.41 Å². The van der Waals surface area contributed by atoms with E-state index in [0.717, 1.165) is 30.4 Å². The van der Waals surface area contributed by atoms with Crippen LogP contribution in [-0.4, -0.2) is 11.1 Å². The number of carbonyl (C=O) groups is 1. The van der Waals surface area contributed by atoms with Gasteiger partial charge in [-0.15, -0.1) is 0 Å². The zero-order valence-corrected chi connectivity index (χ0v) is 20.3. The summed E-state index contributed by atoms with van der Waals surface area (Å²) >= 11 is 0. The molecule has 0 bridgehead atoms. The number of phenols is 1. The highest BCUT2D eigenvalue weighted by Crippen LogP contribution is 2.53. The van der Waals surface area contributed by atoms with Crippen molar-refractivity contribution in [1.29, 1.82) is 0 Å². The van der Waals surface area contributed by atoms with E-state index in [2.05, 4.69) is 45.0 Å². The Hall–Kier alpha value is -3.07. The van der Waals surface area contributed by atoms with Gasteiger partial charge in [-0.05, 0) is 91.0 Å². The van der Waals surface area contributed by atoms with Crippen molar-refractivity contribution in [3.8, 4) is 11.5 Å². The van der Waals surface area contributed by atoms with Crippen LogP contribution in [0.1, 0.15) is 72.6 Å². The number of esters is 1. The van der Waals surface area contributed by atoms with Gasteiger partial charge in [-0.25, -0.2) is 4.79 Å². The van der Waals surface area contributed by atoms with Gasteiger partial charge in [0.25, 0.3) is 0 Å². The number of phenolic OH excluding ortho intramolecular Hbond substituents is 1. The Bertz CT molecular complexity index is 1160. The van der Waals surface area contributed by atoms with Crippen molar-refractivity contribution in [3.05, 3.63) is 94.5 Å². The van der Waals surface area contributed by atoms with Gasteiger partial charge < -0.3 is 9.84 Å². The molecule has 0 radical (unpaired) electrons. The first-order valence-electron chi connectivity index (χ1n) is 11.8. The summed E-state index contributed by atoms with van der Waals surface area (Å²) in [6.45, 7) is 11.0. The molecule has 33 heavy (non-hydrogen) atoms. The Labute approximate surface area is 197 Å². The SMILES string of the molecule is Cc1cc(C2(c3ccc(OC(=O)c4ccccc4)c(C)c3)CCC(C)(C)C(C)C2)ccc1O. The zero-order chi connectivity index (χ0) is 23.8. The molecule has 1 aliphatic carbocycles. The van der Waals surface area contributed by atoms with E-state index in [4.69, 9.17) is 4.74 Å². The van der Waals surface area contributed by atoms with Gasteiger partial charge in [-0.1, -0.05) is 63.2 Å². The minimum atomic E-state index is -0.344. The summed E-state index contributed by atoms with van der Waals surface area (Å²) in [5.41, 5.74) is 5.02. The average molecular weight is 443 g/mol. The Morgan fingerprint density at radius 1 is 0.909 bits per heavy atom. The van der Waals surface area contributed by atoms with E-state index in [9.17, 15) is 9.90 Å². The summed E-state index contributed by atoms with van der Waals surface area (Å²) in [5.74, 6) is 1.12. The lowest BCUT2D eigenvalue weighted by Gasteiger charge is -2.49. The minimum Gasteiger partial charge on any atom is -0.508 e. The number of hydrogen-bond donors (Lipinski definition) is 1. The van der Waals surface area contributed by atoms with Crippen LogP contribution in [0.25, 0.3) is 0 Å². The maximum Gasteiger partial charge on any atom is 0.343 e. The third-order valence-corrected chi connectivity index (χ3v) is 7.87.